The minimum atomic E-state index is -0.590. The lowest BCUT2D eigenvalue weighted by atomic mass is 9.95. The van der Waals surface area contributed by atoms with Crippen LogP contribution in [0.25, 0.3) is 32.9 Å². The molecule has 5 aromatic rings. The van der Waals surface area contributed by atoms with E-state index < -0.39 is 11.9 Å². The van der Waals surface area contributed by atoms with Gasteiger partial charge in [-0.25, -0.2) is 4.39 Å². The number of phenolic OH excluding ortho intramolecular Hbond substituents is 1. The number of methoxy groups -OCH3 is 1. The summed E-state index contributed by atoms with van der Waals surface area (Å²) in [5.41, 5.74) is 4.60. The van der Waals surface area contributed by atoms with Crippen LogP contribution in [0.2, 0.25) is 0 Å². The molecule has 2 N–H and O–H groups in total. The molecule has 0 spiro atoms. The number of likely N-dealkylation sites (N-methyl/N-ethyl adjacent to an activating group) is 1. The number of nitrogens with one attached hydrogen (secondary N) is 1. The first-order valence-electron chi connectivity index (χ1n) is 25.5. The van der Waals surface area contributed by atoms with Crippen molar-refractivity contribution in [2.24, 2.45) is 0 Å². The number of aromatic hydroxyl groups is 1. The Balaban J connectivity index is 0.000000171. The Kier molecular flexibility index (Phi) is 14.0. The van der Waals surface area contributed by atoms with Crippen LogP contribution in [0.3, 0.4) is 0 Å². The Morgan fingerprint density at radius 1 is 0.903 bits per heavy atom. The number of amides is 4. The Morgan fingerprint density at radius 3 is 2.33 bits per heavy atom. The predicted molar refractivity (Wildman–Crippen MR) is 272 cm³/mol. The van der Waals surface area contributed by atoms with Crippen molar-refractivity contribution >= 4 is 57.3 Å². The summed E-state index contributed by atoms with van der Waals surface area (Å²) < 4.78 is 27.4. The number of pyridine rings is 1. The zero-order valence-corrected chi connectivity index (χ0v) is 41.7. The smallest absolute Gasteiger partial charge is 0.319 e. The van der Waals surface area contributed by atoms with Gasteiger partial charge in [0.15, 0.2) is 5.82 Å². The van der Waals surface area contributed by atoms with Crippen molar-refractivity contribution in [1.29, 1.82) is 0 Å². The molecule has 2 aromatic heterocycles. The van der Waals surface area contributed by atoms with Gasteiger partial charge in [-0.2, -0.15) is 9.97 Å². The molecule has 2 bridgehead atoms. The van der Waals surface area contributed by atoms with Crippen molar-refractivity contribution in [2.75, 3.05) is 90.0 Å². The van der Waals surface area contributed by atoms with E-state index >= 15 is 4.39 Å². The van der Waals surface area contributed by atoms with E-state index in [0.717, 1.165) is 97.2 Å². The highest BCUT2D eigenvalue weighted by Gasteiger charge is 2.46. The van der Waals surface area contributed by atoms with Gasteiger partial charge in [-0.3, -0.25) is 34.0 Å². The third-order valence-electron chi connectivity index (χ3n) is 15.9. The number of carbonyl (C=O) groups excluding carboxylic acids is 4. The molecule has 3 aromatic carbocycles. The predicted octanol–water partition coefficient (Wildman–Crippen LogP) is 5.53. The minimum Gasteiger partial charge on any atom is -0.508 e. The summed E-state index contributed by atoms with van der Waals surface area (Å²) in [6, 6.07) is 15.4. The third kappa shape index (κ3) is 9.17. The summed E-state index contributed by atoms with van der Waals surface area (Å²) in [4.78, 5) is 73.9. The quantitative estimate of drug-likeness (QED) is 0.139. The van der Waals surface area contributed by atoms with E-state index in [2.05, 4.69) is 36.7 Å². The maximum absolute atomic E-state index is 16.8. The molecule has 7 aliphatic rings. The van der Waals surface area contributed by atoms with Gasteiger partial charge in [-0.1, -0.05) is 31.2 Å². The lowest BCUT2D eigenvalue weighted by Gasteiger charge is -2.35. The van der Waals surface area contributed by atoms with Gasteiger partial charge >= 0.3 is 6.01 Å². The first kappa shape index (κ1) is 49.1. The number of aryl methyl sites for hydroxylation is 1. The van der Waals surface area contributed by atoms with Crippen molar-refractivity contribution < 1.29 is 38.1 Å². The monoisotopic (exact) mass is 985 g/mol. The summed E-state index contributed by atoms with van der Waals surface area (Å²) in [6.07, 6.45) is 10.8. The van der Waals surface area contributed by atoms with Crippen molar-refractivity contribution in [3.63, 3.8) is 0 Å². The second-order valence-electron chi connectivity index (χ2n) is 20.2. The molecule has 72 heavy (non-hydrogen) atoms. The fraction of sp³-hybridized carbons (Fsp3) is 0.500. The molecule has 0 radical (unpaired) electrons. The fourth-order valence-electron chi connectivity index (χ4n) is 12.3. The number of piperazine rings is 2. The number of nitrogens with zero attached hydrogens (tertiary/aromatic N) is 9. The molecule has 12 rings (SSSR count). The van der Waals surface area contributed by atoms with E-state index in [-0.39, 0.29) is 52.7 Å². The van der Waals surface area contributed by atoms with E-state index in [9.17, 15) is 24.3 Å². The van der Waals surface area contributed by atoms with Crippen molar-refractivity contribution in [3.8, 4) is 23.0 Å². The van der Waals surface area contributed by atoms with Gasteiger partial charge in [-0.05, 0) is 105 Å². The SMILES string of the molecule is CCc1cccc2cc(O)cc(-c3ncc4c(N5CC6CCC(C5)N6)nc(OCC56CCCN5CCC6)nc4c3F)c12.CN1C(=O)CCC(N2Cc3c(cccc3N3CCN(C=O)CC3)C2=O)C1=O.COC. The summed E-state index contributed by atoms with van der Waals surface area (Å²) in [6.45, 7) is 9.52. The number of hydrogen-bond acceptors (Lipinski definition) is 14. The second kappa shape index (κ2) is 20.5. The normalized spacial score (nSPS) is 22.5. The lowest BCUT2D eigenvalue weighted by molar-refractivity contribution is -0.150. The number of piperidine rings is 1. The number of phenols is 1. The molecular formula is C54H65FN10O7. The number of halogens is 1. The number of ether oxygens (including phenoxy) is 2. The van der Waals surface area contributed by atoms with Crippen LogP contribution < -0.4 is 19.9 Å². The average Bonchev–Trinajstić information content (AvgIpc) is 4.17. The topological polar surface area (TPSA) is 177 Å². The van der Waals surface area contributed by atoms with Gasteiger partial charge in [0.2, 0.25) is 12.3 Å². The molecule has 6 fully saturated rings. The maximum Gasteiger partial charge on any atom is 0.319 e. The second-order valence-corrected chi connectivity index (χ2v) is 20.2. The molecule has 0 saturated carbocycles. The average molecular weight is 985 g/mol. The third-order valence-corrected chi connectivity index (χ3v) is 15.9. The molecule has 3 atom stereocenters. The molecule has 9 heterocycles. The zero-order chi connectivity index (χ0) is 50.3. The number of benzene rings is 3. The highest BCUT2D eigenvalue weighted by molar-refractivity contribution is 6.06. The first-order chi connectivity index (χ1) is 34.9. The molecule has 17 nitrogen and oxygen atoms in total. The van der Waals surface area contributed by atoms with Crippen molar-refractivity contribution in [3.05, 3.63) is 77.2 Å². The van der Waals surface area contributed by atoms with E-state index in [1.807, 2.05) is 30.3 Å². The highest BCUT2D eigenvalue weighted by atomic mass is 19.1. The Hall–Kier alpha value is -6.50. The Morgan fingerprint density at radius 2 is 1.62 bits per heavy atom. The Labute approximate surface area is 419 Å². The number of hydrogen-bond donors (Lipinski definition) is 2. The molecule has 6 saturated heterocycles. The highest BCUT2D eigenvalue weighted by Crippen LogP contribution is 2.42. The molecule has 18 heteroatoms. The van der Waals surface area contributed by atoms with Gasteiger partial charge in [0.05, 0.1) is 10.9 Å². The van der Waals surface area contributed by atoms with Gasteiger partial charge in [0.1, 0.15) is 35.4 Å². The number of imide groups is 1. The minimum absolute atomic E-state index is 0.0333. The first-order valence-corrected chi connectivity index (χ1v) is 25.5. The molecule has 380 valence electrons. The molecule has 3 unspecified atom stereocenters. The van der Waals surface area contributed by atoms with Crippen LogP contribution in [0.4, 0.5) is 15.9 Å². The molecular weight excluding hydrogens is 920 g/mol. The Bertz CT molecular complexity index is 2870. The van der Waals surface area contributed by atoms with Gasteiger partial charge in [0, 0.05) is 114 Å². The number of carbonyl (C=O) groups is 4. The van der Waals surface area contributed by atoms with E-state index in [1.165, 1.54) is 19.9 Å². The molecule has 7 aliphatic heterocycles. The van der Waals surface area contributed by atoms with Gasteiger partial charge in [-0.15, -0.1) is 0 Å². The van der Waals surface area contributed by atoms with Crippen LogP contribution in [0.15, 0.2) is 54.7 Å². The summed E-state index contributed by atoms with van der Waals surface area (Å²) >= 11 is 0. The largest absolute Gasteiger partial charge is 0.508 e. The number of rotatable bonds is 9. The zero-order valence-electron chi connectivity index (χ0n) is 41.7. The fourth-order valence-corrected chi connectivity index (χ4v) is 12.3. The molecule has 4 amide bonds. The maximum atomic E-state index is 16.8. The van der Waals surface area contributed by atoms with Crippen LogP contribution in [-0.2, 0) is 32.1 Å². The van der Waals surface area contributed by atoms with E-state index in [0.29, 0.717) is 80.2 Å². The van der Waals surface area contributed by atoms with Gasteiger partial charge in [0.25, 0.3) is 11.8 Å². The summed E-state index contributed by atoms with van der Waals surface area (Å²) in [5, 5.41) is 16.6. The summed E-state index contributed by atoms with van der Waals surface area (Å²) in [5.74, 6) is -0.415. The van der Waals surface area contributed by atoms with Crippen LogP contribution in [0, 0.1) is 5.82 Å². The van der Waals surface area contributed by atoms with Crippen LogP contribution in [0.1, 0.15) is 79.8 Å². The lowest BCUT2D eigenvalue weighted by Crippen LogP contribution is -2.53. The van der Waals surface area contributed by atoms with Gasteiger partial charge < -0.3 is 39.5 Å². The number of likely N-dealkylation sites (tertiary alicyclic amines) is 1. The van der Waals surface area contributed by atoms with Crippen LogP contribution in [0.5, 0.6) is 11.8 Å². The van der Waals surface area contributed by atoms with E-state index in [1.54, 1.807) is 48.4 Å². The molecule has 0 aliphatic carbocycles. The van der Waals surface area contributed by atoms with E-state index in [4.69, 9.17) is 14.7 Å². The standard InChI is InChI=1S/C33H37FN6O2.C19H22N4O4.C2H6O/c1-2-20-6-3-7-21-14-24(41)15-25(27(20)21)29-28(34)30-26(16-35-29)31(39-17-22-8-9-23(18-39)36-22)38-32(37-30)42-19-33-10-4-12-40(33)13-5-11-33;1-20-17(25)6-5-16(19(20)27)23-11-14-13(18(23)26)3-2-4-15(14)22-9-7-21(12-24)8-10-22;1-3-2/h3,6-7,14-16,22-23,36,41H,2,4-5,8-13,17-19H2,1H3;2-4,12,16H,5-11H2,1H3;1-2H3. The van der Waals surface area contributed by atoms with Crippen LogP contribution in [-0.4, -0.2) is 168 Å². The van der Waals surface area contributed by atoms with Crippen molar-refractivity contribution in [1.82, 2.24) is 39.9 Å². The number of anilines is 2. The number of fused-ring (bicyclic) bond motifs is 6. The van der Waals surface area contributed by atoms with Crippen molar-refractivity contribution in [2.45, 2.75) is 94.9 Å². The summed E-state index contributed by atoms with van der Waals surface area (Å²) in [7, 11) is 4.72. The van der Waals surface area contributed by atoms with Crippen LogP contribution >= 0.6 is 0 Å². The number of aromatic nitrogens is 3.